The minimum Gasteiger partial charge on any atom is -0.460 e. The number of aromatic nitrogens is 1. The lowest BCUT2D eigenvalue weighted by Gasteiger charge is -2.39. The van der Waals surface area contributed by atoms with E-state index < -0.39 is 17.4 Å². The van der Waals surface area contributed by atoms with E-state index >= 15 is 0 Å². The summed E-state index contributed by atoms with van der Waals surface area (Å²) in [7, 11) is 0. The Kier molecular flexibility index (Phi) is 7.85. The van der Waals surface area contributed by atoms with Gasteiger partial charge in [-0.25, -0.2) is 0 Å². The number of piperidine rings is 1. The van der Waals surface area contributed by atoms with Crippen LogP contribution in [0.15, 0.2) is 30.5 Å². The van der Waals surface area contributed by atoms with Crippen molar-refractivity contribution >= 4 is 35.1 Å². The smallest absolute Gasteiger partial charge is 0.313 e. The summed E-state index contributed by atoms with van der Waals surface area (Å²) < 4.78 is 5.36. The van der Waals surface area contributed by atoms with Crippen molar-refractivity contribution in [2.45, 2.75) is 78.4 Å². The molecule has 38 heavy (non-hydrogen) atoms. The average Bonchev–Trinajstić information content (AvgIpc) is 2.83. The van der Waals surface area contributed by atoms with Crippen molar-refractivity contribution in [3.63, 3.8) is 0 Å². The number of likely N-dealkylation sites (tertiary alicyclic amines) is 1. The van der Waals surface area contributed by atoms with Crippen LogP contribution in [0.4, 0.5) is 11.4 Å². The van der Waals surface area contributed by atoms with Gasteiger partial charge in [-0.1, -0.05) is 19.1 Å². The number of carbonyl (C=O) groups excluding carboxylic acids is 4. The van der Waals surface area contributed by atoms with Crippen LogP contribution in [0.25, 0.3) is 0 Å². The standard InChI is InChI=1S/C29H36N4O5/c1-17-6-10-24(20-7-9-22-19(13-20)8-11-25(34)32-22)33(16-17)28(37)27(36)31-21-12-18(2)23(30-15-21)14-26(35)38-29(3,4)5/h7,9,12-13,15,17,24H,6,8,10-11,14,16H2,1-5H3,(H,31,36)(H,32,34)/t17-,24+/m0/s1. The van der Waals surface area contributed by atoms with Gasteiger partial charge < -0.3 is 20.3 Å². The minimum atomic E-state index is -0.726. The number of hydrogen-bond donors (Lipinski definition) is 2. The summed E-state index contributed by atoms with van der Waals surface area (Å²) in [5, 5.41) is 5.57. The van der Waals surface area contributed by atoms with E-state index in [1.54, 1.807) is 38.7 Å². The zero-order valence-electron chi connectivity index (χ0n) is 22.7. The Hall–Kier alpha value is -3.75. The first-order valence-corrected chi connectivity index (χ1v) is 13.1. The SMILES string of the molecule is Cc1cc(NC(=O)C(=O)N2C[C@@H](C)CC[C@@H]2c2ccc3c(c2)CCC(=O)N3)cnc1CC(=O)OC(C)(C)C. The summed E-state index contributed by atoms with van der Waals surface area (Å²) in [5.41, 5.74) is 3.90. The maximum Gasteiger partial charge on any atom is 0.313 e. The zero-order valence-corrected chi connectivity index (χ0v) is 22.7. The van der Waals surface area contributed by atoms with E-state index in [9.17, 15) is 19.2 Å². The van der Waals surface area contributed by atoms with Gasteiger partial charge >= 0.3 is 17.8 Å². The van der Waals surface area contributed by atoms with Gasteiger partial charge in [0.15, 0.2) is 0 Å². The lowest BCUT2D eigenvalue weighted by molar-refractivity contribution is -0.154. The summed E-state index contributed by atoms with van der Waals surface area (Å²) in [6, 6.07) is 7.34. The zero-order chi connectivity index (χ0) is 27.6. The molecular formula is C29H36N4O5. The van der Waals surface area contributed by atoms with Crippen LogP contribution < -0.4 is 10.6 Å². The van der Waals surface area contributed by atoms with Gasteiger partial charge in [0.25, 0.3) is 0 Å². The fraction of sp³-hybridized carbons (Fsp3) is 0.483. The summed E-state index contributed by atoms with van der Waals surface area (Å²) in [4.78, 5) is 56.3. The molecule has 4 rings (SSSR count). The molecule has 1 saturated heterocycles. The van der Waals surface area contributed by atoms with Crippen LogP contribution in [0.5, 0.6) is 0 Å². The molecule has 3 heterocycles. The molecule has 2 N–H and O–H groups in total. The van der Waals surface area contributed by atoms with Crippen LogP contribution >= 0.6 is 0 Å². The van der Waals surface area contributed by atoms with Gasteiger partial charge in [0.2, 0.25) is 5.91 Å². The van der Waals surface area contributed by atoms with Crippen LogP contribution in [-0.2, 0) is 36.8 Å². The summed E-state index contributed by atoms with van der Waals surface area (Å²) >= 11 is 0. The third-order valence-electron chi connectivity index (χ3n) is 6.86. The number of carbonyl (C=O) groups is 4. The van der Waals surface area contributed by atoms with Gasteiger partial charge in [-0.15, -0.1) is 0 Å². The van der Waals surface area contributed by atoms with Crippen molar-refractivity contribution in [3.05, 3.63) is 52.8 Å². The molecule has 3 amide bonds. The number of ether oxygens (including phenoxy) is 1. The van der Waals surface area contributed by atoms with Gasteiger partial charge in [-0.2, -0.15) is 0 Å². The normalized spacial score (nSPS) is 19.3. The van der Waals surface area contributed by atoms with Gasteiger partial charge in [-0.05, 0) is 81.7 Å². The number of benzene rings is 1. The molecule has 0 aliphatic carbocycles. The second kappa shape index (κ2) is 10.9. The first kappa shape index (κ1) is 27.3. The number of fused-ring (bicyclic) bond motifs is 1. The van der Waals surface area contributed by atoms with Crippen LogP contribution in [0.2, 0.25) is 0 Å². The monoisotopic (exact) mass is 520 g/mol. The number of nitrogens with one attached hydrogen (secondary N) is 2. The van der Waals surface area contributed by atoms with E-state index in [1.807, 2.05) is 18.2 Å². The molecule has 2 aromatic rings. The quantitative estimate of drug-likeness (QED) is 0.463. The van der Waals surface area contributed by atoms with Gasteiger partial charge in [0.05, 0.1) is 30.0 Å². The molecule has 1 aromatic carbocycles. The number of esters is 1. The van der Waals surface area contributed by atoms with E-state index in [0.29, 0.717) is 36.3 Å². The van der Waals surface area contributed by atoms with Crippen LogP contribution in [0.3, 0.4) is 0 Å². The molecule has 0 unspecified atom stereocenters. The number of anilines is 2. The Balaban J connectivity index is 1.46. The Morgan fingerprint density at radius 1 is 1.16 bits per heavy atom. The highest BCUT2D eigenvalue weighted by molar-refractivity contribution is 6.39. The maximum atomic E-state index is 13.4. The maximum absolute atomic E-state index is 13.4. The lowest BCUT2D eigenvalue weighted by Crippen LogP contribution is -2.46. The fourth-order valence-corrected chi connectivity index (χ4v) is 5.02. The Labute approximate surface area is 223 Å². The third-order valence-corrected chi connectivity index (χ3v) is 6.86. The van der Waals surface area contributed by atoms with E-state index in [1.165, 1.54) is 6.20 Å². The van der Waals surface area contributed by atoms with E-state index in [0.717, 1.165) is 29.7 Å². The van der Waals surface area contributed by atoms with Crippen LogP contribution in [-0.4, -0.2) is 45.7 Å². The molecule has 2 atom stereocenters. The average molecular weight is 521 g/mol. The first-order chi connectivity index (χ1) is 17.9. The Morgan fingerprint density at radius 3 is 2.63 bits per heavy atom. The number of amides is 3. The Morgan fingerprint density at radius 2 is 1.92 bits per heavy atom. The van der Waals surface area contributed by atoms with Crippen LogP contribution in [0, 0.1) is 12.8 Å². The molecule has 0 saturated carbocycles. The van der Waals surface area contributed by atoms with Crippen molar-refractivity contribution in [3.8, 4) is 0 Å². The van der Waals surface area contributed by atoms with Gasteiger partial charge in [-0.3, -0.25) is 24.2 Å². The first-order valence-electron chi connectivity index (χ1n) is 13.1. The molecule has 2 aliphatic heterocycles. The van der Waals surface area contributed by atoms with Crippen molar-refractivity contribution in [1.82, 2.24) is 9.88 Å². The molecule has 1 fully saturated rings. The molecule has 1 aromatic heterocycles. The lowest BCUT2D eigenvalue weighted by atomic mass is 9.88. The second-order valence-corrected chi connectivity index (χ2v) is 11.3. The van der Waals surface area contributed by atoms with Gasteiger partial charge in [0, 0.05) is 18.7 Å². The minimum absolute atomic E-state index is 0.00724. The summed E-state index contributed by atoms with van der Waals surface area (Å²) in [6.07, 6.45) is 4.27. The van der Waals surface area contributed by atoms with E-state index in [2.05, 4.69) is 22.5 Å². The number of nitrogens with zero attached hydrogens (tertiary/aromatic N) is 2. The number of pyridine rings is 1. The highest BCUT2D eigenvalue weighted by atomic mass is 16.6. The predicted octanol–water partition coefficient (Wildman–Crippen LogP) is 4.10. The van der Waals surface area contributed by atoms with Gasteiger partial charge in [0.1, 0.15) is 5.60 Å². The molecule has 0 bridgehead atoms. The molecule has 202 valence electrons. The van der Waals surface area contributed by atoms with E-state index in [-0.39, 0.29) is 30.3 Å². The second-order valence-electron chi connectivity index (χ2n) is 11.3. The van der Waals surface area contributed by atoms with Crippen molar-refractivity contribution < 1.29 is 23.9 Å². The third kappa shape index (κ3) is 6.57. The number of hydrogen-bond acceptors (Lipinski definition) is 6. The highest BCUT2D eigenvalue weighted by Crippen LogP contribution is 2.36. The molecule has 9 heteroatoms. The molecule has 9 nitrogen and oxygen atoms in total. The topological polar surface area (TPSA) is 118 Å². The number of aryl methyl sites for hydroxylation is 2. The Bertz CT molecular complexity index is 1270. The summed E-state index contributed by atoms with van der Waals surface area (Å²) in [5.74, 6) is -1.42. The number of rotatable bonds is 4. The molecular weight excluding hydrogens is 484 g/mol. The largest absolute Gasteiger partial charge is 0.460 e. The van der Waals surface area contributed by atoms with Crippen molar-refractivity contribution in [2.24, 2.45) is 5.92 Å². The van der Waals surface area contributed by atoms with Crippen LogP contribution in [0.1, 0.15) is 75.4 Å². The van der Waals surface area contributed by atoms with Crippen molar-refractivity contribution in [1.29, 1.82) is 0 Å². The molecule has 0 radical (unpaired) electrons. The predicted molar refractivity (Wildman–Crippen MR) is 143 cm³/mol. The highest BCUT2D eigenvalue weighted by Gasteiger charge is 2.35. The van der Waals surface area contributed by atoms with Crippen molar-refractivity contribution in [2.75, 3.05) is 17.2 Å². The fourth-order valence-electron chi connectivity index (χ4n) is 5.02. The molecule has 2 aliphatic rings. The molecule has 0 spiro atoms. The summed E-state index contributed by atoms with van der Waals surface area (Å²) in [6.45, 7) is 9.77. The van der Waals surface area contributed by atoms with E-state index in [4.69, 9.17) is 4.74 Å².